The van der Waals surface area contributed by atoms with Crippen LogP contribution in [0.4, 0.5) is 0 Å². The second kappa shape index (κ2) is 23.4. The first-order chi connectivity index (χ1) is 19.3. The minimum absolute atomic E-state index is 0. The molecule has 2 rings (SSSR count). The molecule has 0 aliphatic heterocycles. The average Bonchev–Trinajstić information content (AvgIpc) is 2.90. The Hall–Kier alpha value is -0.946. The van der Waals surface area contributed by atoms with E-state index in [0.29, 0.717) is 13.2 Å². The van der Waals surface area contributed by atoms with Gasteiger partial charge in [0.15, 0.2) is 11.6 Å². The Morgan fingerprint density at radius 3 is 1.02 bits per heavy atom. The second-order valence-electron chi connectivity index (χ2n) is 14.7. The number of aliphatic hydroxyl groups excluding tert-OH is 4. The summed E-state index contributed by atoms with van der Waals surface area (Å²) in [5.74, 6) is 0.591. The fraction of sp³-hybridized carbons (Fsp3) is 0.833. The van der Waals surface area contributed by atoms with E-state index in [1.165, 1.54) is 25.0 Å². The van der Waals surface area contributed by atoms with Gasteiger partial charge in [-0.25, -0.2) is 0 Å². The predicted molar refractivity (Wildman–Crippen MR) is 177 cm³/mol. The first-order valence-electron chi connectivity index (χ1n) is 16.5. The van der Waals surface area contributed by atoms with Crippen molar-refractivity contribution in [1.29, 1.82) is 0 Å². The smallest absolute Gasteiger partial charge is 0.164 e. The molecular weight excluding hydrogens is 576 g/mol. The number of carbonyl (C=O) groups is 2. The summed E-state index contributed by atoms with van der Waals surface area (Å²) in [6, 6.07) is 0. The summed E-state index contributed by atoms with van der Waals surface area (Å²) in [5, 5.41) is 35.8. The second-order valence-corrected chi connectivity index (χ2v) is 14.7. The quantitative estimate of drug-likeness (QED) is 0.119. The van der Waals surface area contributed by atoms with Gasteiger partial charge in [0.2, 0.25) is 0 Å². The van der Waals surface area contributed by atoms with Gasteiger partial charge in [0.05, 0.1) is 0 Å². The molecule has 0 heterocycles. The molecule has 2 fully saturated rings. The fourth-order valence-electron chi connectivity index (χ4n) is 4.50. The molecule has 2 saturated carbocycles. The van der Waals surface area contributed by atoms with Crippen molar-refractivity contribution >= 4 is 11.6 Å². The Kier molecular flexibility index (Phi) is 25.3. The zero-order chi connectivity index (χ0) is 33.0. The summed E-state index contributed by atoms with van der Waals surface area (Å²) in [4.78, 5) is 24.3. The van der Waals surface area contributed by atoms with Crippen LogP contribution in [-0.2, 0) is 31.3 Å². The van der Waals surface area contributed by atoms with Crippen molar-refractivity contribution in [2.75, 3.05) is 13.2 Å². The summed E-state index contributed by atoms with van der Waals surface area (Å²) >= 11 is 0. The molecule has 0 aromatic rings. The number of ketones is 2. The van der Waals surface area contributed by atoms with Crippen LogP contribution in [0.2, 0.25) is 0 Å². The molecule has 6 nitrogen and oxygen atoms in total. The Bertz CT molecular complexity index is 733. The number of unbranched alkanes of at least 4 members (excludes halogenated alkanes) is 2. The van der Waals surface area contributed by atoms with Crippen LogP contribution < -0.4 is 0 Å². The molecule has 0 amide bonds. The molecule has 0 saturated heterocycles. The van der Waals surface area contributed by atoms with Gasteiger partial charge in [0.1, 0.15) is 11.5 Å². The number of allylic oxidation sites excluding steroid dienone is 4. The molecule has 0 radical (unpaired) electrons. The normalized spacial score (nSPS) is 18.2. The first kappa shape index (κ1) is 46.5. The Morgan fingerprint density at radius 1 is 0.605 bits per heavy atom. The largest absolute Gasteiger partial charge is 0.512 e. The number of rotatable bonds is 8. The van der Waals surface area contributed by atoms with E-state index in [1.54, 1.807) is 0 Å². The molecule has 7 heteroatoms. The molecule has 0 bridgehead atoms. The Morgan fingerprint density at radius 2 is 0.860 bits per heavy atom. The van der Waals surface area contributed by atoms with Gasteiger partial charge in [-0.2, -0.15) is 0 Å². The van der Waals surface area contributed by atoms with Gasteiger partial charge >= 0.3 is 0 Å². The molecule has 0 aromatic heterocycles. The van der Waals surface area contributed by atoms with Gasteiger partial charge in [-0.15, -0.1) is 0 Å². The van der Waals surface area contributed by atoms with Gasteiger partial charge < -0.3 is 20.4 Å². The van der Waals surface area contributed by atoms with Crippen LogP contribution in [0.25, 0.3) is 0 Å². The van der Waals surface area contributed by atoms with Crippen molar-refractivity contribution in [1.82, 2.24) is 0 Å². The van der Waals surface area contributed by atoms with Crippen molar-refractivity contribution in [3.05, 3.63) is 23.7 Å². The van der Waals surface area contributed by atoms with Crippen molar-refractivity contribution in [3.63, 3.8) is 0 Å². The summed E-state index contributed by atoms with van der Waals surface area (Å²) in [7, 11) is 0. The fourth-order valence-corrected chi connectivity index (χ4v) is 4.50. The molecule has 0 unspecified atom stereocenters. The first-order valence-corrected chi connectivity index (χ1v) is 16.5. The van der Waals surface area contributed by atoms with Crippen LogP contribution in [0.3, 0.4) is 0 Å². The summed E-state index contributed by atoms with van der Waals surface area (Å²) in [6.45, 7) is 20.3. The Labute approximate surface area is 280 Å². The van der Waals surface area contributed by atoms with Gasteiger partial charge in [-0.05, 0) is 38.5 Å². The third-order valence-corrected chi connectivity index (χ3v) is 8.20. The number of carbonyl (C=O) groups excluding carboxylic acids is 2. The van der Waals surface area contributed by atoms with Gasteiger partial charge in [0.25, 0.3) is 0 Å². The number of hydrogen-bond acceptors (Lipinski definition) is 6. The molecule has 43 heavy (non-hydrogen) atoms. The van der Waals surface area contributed by atoms with E-state index in [-0.39, 0.29) is 66.5 Å². The molecule has 2 aliphatic carbocycles. The van der Waals surface area contributed by atoms with E-state index in [9.17, 15) is 19.8 Å². The molecular formula is C36H68O6Ti. The van der Waals surface area contributed by atoms with E-state index in [2.05, 4.69) is 13.8 Å². The third-order valence-electron chi connectivity index (χ3n) is 8.20. The van der Waals surface area contributed by atoms with Crippen LogP contribution >= 0.6 is 0 Å². The van der Waals surface area contributed by atoms with Crippen molar-refractivity contribution in [3.8, 4) is 0 Å². The van der Waals surface area contributed by atoms with Crippen LogP contribution in [0.1, 0.15) is 159 Å². The molecule has 2 aliphatic rings. The summed E-state index contributed by atoms with van der Waals surface area (Å²) in [5.41, 5.74) is -1.14. The van der Waals surface area contributed by atoms with E-state index in [1.807, 2.05) is 55.4 Å². The minimum atomic E-state index is -0.333. The number of hydrogen-bond donors (Lipinski definition) is 4. The molecule has 0 atom stereocenters. The average molecular weight is 645 g/mol. The van der Waals surface area contributed by atoms with Crippen molar-refractivity contribution in [2.24, 2.45) is 21.7 Å². The maximum absolute atomic E-state index is 12.1. The van der Waals surface area contributed by atoms with Crippen molar-refractivity contribution in [2.45, 2.75) is 159 Å². The Balaban J connectivity index is -0.000000558. The monoisotopic (exact) mass is 644 g/mol. The van der Waals surface area contributed by atoms with Crippen LogP contribution in [0.5, 0.6) is 0 Å². The van der Waals surface area contributed by atoms with Gasteiger partial charge in [0, 0.05) is 68.7 Å². The third kappa shape index (κ3) is 20.7. The van der Waals surface area contributed by atoms with Crippen molar-refractivity contribution < 1.29 is 51.7 Å². The molecule has 252 valence electrons. The summed E-state index contributed by atoms with van der Waals surface area (Å²) in [6.07, 6.45) is 17.8. The van der Waals surface area contributed by atoms with E-state index < -0.39 is 0 Å². The minimum Gasteiger partial charge on any atom is -0.512 e. The number of aliphatic hydroxyl groups is 4. The molecule has 0 aromatic carbocycles. The predicted octanol–water partition coefficient (Wildman–Crippen LogP) is 9.58. The van der Waals surface area contributed by atoms with Gasteiger partial charge in [-0.3, -0.25) is 9.59 Å². The SMILES string of the molecule is CC1(C(=O)/C=C(\O)C(C)(C)C)CCCCC1.CC1(C(=O)/C=C(\O)C(C)(C)C)CCCCC1.CCCCO.CCCCO.[Ti]. The zero-order valence-corrected chi connectivity index (χ0v) is 31.1. The van der Waals surface area contributed by atoms with E-state index in [0.717, 1.165) is 77.0 Å². The van der Waals surface area contributed by atoms with Crippen LogP contribution in [-0.4, -0.2) is 45.2 Å². The van der Waals surface area contributed by atoms with E-state index in [4.69, 9.17) is 10.2 Å². The standard InChI is InChI=1S/2C14H24O2.2C4H10O.Ti/c2*1-13(2,3)11(15)10-12(16)14(4)8-6-5-7-9-14;2*1-2-3-4-5;/h2*10,15H,5-9H2,1-4H3;2*5H,2-4H2,1H3;/b2*11-10-;;;. The molecule has 0 spiro atoms. The zero-order valence-electron chi connectivity index (χ0n) is 29.6. The van der Waals surface area contributed by atoms with Crippen LogP contribution in [0, 0.1) is 21.7 Å². The maximum Gasteiger partial charge on any atom is 0.164 e. The van der Waals surface area contributed by atoms with Crippen LogP contribution in [0.15, 0.2) is 23.7 Å². The molecule has 4 N–H and O–H groups in total. The van der Waals surface area contributed by atoms with E-state index >= 15 is 0 Å². The maximum atomic E-state index is 12.1. The topological polar surface area (TPSA) is 115 Å². The van der Waals surface area contributed by atoms with Gasteiger partial charge in [-0.1, -0.05) is 121 Å². The summed E-state index contributed by atoms with van der Waals surface area (Å²) < 4.78 is 0.